The van der Waals surface area contributed by atoms with E-state index in [1.54, 1.807) is 0 Å². The van der Waals surface area contributed by atoms with E-state index in [0.29, 0.717) is 13.0 Å². The monoisotopic (exact) mass is 229 g/mol. The molecule has 0 aromatic carbocycles. The lowest BCUT2D eigenvalue weighted by molar-refractivity contribution is -0.154. The van der Waals surface area contributed by atoms with Gasteiger partial charge in [-0.3, -0.25) is 4.79 Å². The lowest BCUT2D eigenvalue weighted by Gasteiger charge is -2.41. The molecule has 0 radical (unpaired) electrons. The van der Waals surface area contributed by atoms with Crippen LogP contribution in [0.2, 0.25) is 0 Å². The first-order valence-electron chi connectivity index (χ1n) is 5.95. The van der Waals surface area contributed by atoms with Crippen LogP contribution in [-0.4, -0.2) is 35.4 Å². The predicted molar refractivity (Wildman–Crippen MR) is 62.1 cm³/mol. The Morgan fingerprint density at radius 1 is 1.44 bits per heavy atom. The second kappa shape index (κ2) is 5.15. The summed E-state index contributed by atoms with van der Waals surface area (Å²) in [4.78, 5) is 11.4. The number of carbonyl (C=O) groups excluding carboxylic acids is 1. The normalized spacial score (nSPS) is 19.0. The first kappa shape index (κ1) is 13.5. The van der Waals surface area contributed by atoms with E-state index in [4.69, 9.17) is 4.74 Å². The van der Waals surface area contributed by atoms with Gasteiger partial charge >= 0.3 is 5.97 Å². The molecule has 1 rings (SSSR count). The molecule has 0 aromatic heterocycles. The Labute approximate surface area is 97.4 Å². The van der Waals surface area contributed by atoms with Crippen LogP contribution < -0.4 is 5.32 Å². The van der Waals surface area contributed by atoms with E-state index in [-0.39, 0.29) is 18.1 Å². The van der Waals surface area contributed by atoms with Gasteiger partial charge in [-0.15, -0.1) is 0 Å². The molecule has 0 saturated heterocycles. The van der Waals surface area contributed by atoms with Crippen molar-refractivity contribution in [3.8, 4) is 0 Å². The Kier molecular flexibility index (Phi) is 4.33. The van der Waals surface area contributed by atoms with E-state index >= 15 is 0 Å². The molecule has 2 N–H and O–H groups in total. The highest BCUT2D eigenvalue weighted by Crippen LogP contribution is 2.30. The maximum atomic E-state index is 11.4. The lowest BCUT2D eigenvalue weighted by Crippen LogP contribution is -2.54. The molecule has 1 aliphatic carbocycles. The molecular formula is C12H23NO3. The number of rotatable bonds is 5. The smallest absolute Gasteiger partial charge is 0.307 e. The Balaban J connectivity index is 2.18. The first-order valence-corrected chi connectivity index (χ1v) is 5.95. The fourth-order valence-corrected chi connectivity index (χ4v) is 1.82. The molecule has 1 saturated carbocycles. The quantitative estimate of drug-likeness (QED) is 0.696. The Bertz CT molecular complexity index is 236. The minimum atomic E-state index is -0.414. The third-order valence-corrected chi connectivity index (χ3v) is 2.86. The van der Waals surface area contributed by atoms with Gasteiger partial charge in [-0.1, -0.05) is 0 Å². The second-order valence-corrected chi connectivity index (χ2v) is 5.56. The summed E-state index contributed by atoms with van der Waals surface area (Å²) in [6.07, 6.45) is 3.51. The number of esters is 1. The molecule has 0 spiro atoms. The zero-order valence-corrected chi connectivity index (χ0v) is 10.5. The van der Waals surface area contributed by atoms with Crippen molar-refractivity contribution in [2.24, 2.45) is 0 Å². The van der Waals surface area contributed by atoms with Gasteiger partial charge in [0.15, 0.2) is 0 Å². The van der Waals surface area contributed by atoms with Gasteiger partial charge in [0.2, 0.25) is 0 Å². The molecule has 1 aliphatic rings. The van der Waals surface area contributed by atoms with Gasteiger partial charge in [-0.2, -0.15) is 0 Å². The number of nitrogens with one attached hydrogen (secondary N) is 1. The van der Waals surface area contributed by atoms with E-state index in [1.165, 1.54) is 0 Å². The number of hydrogen-bond donors (Lipinski definition) is 2. The van der Waals surface area contributed by atoms with Gasteiger partial charge in [0.25, 0.3) is 0 Å². The summed E-state index contributed by atoms with van der Waals surface area (Å²) in [6.45, 7) is 6.31. The van der Waals surface area contributed by atoms with Crippen molar-refractivity contribution in [3.63, 3.8) is 0 Å². The largest absolute Gasteiger partial charge is 0.460 e. The highest BCUT2D eigenvalue weighted by Gasteiger charge is 2.35. The standard InChI is InChI=1S/C12H23NO3/c1-11(2,3)16-10(15)5-8-13-12(9-14)6-4-7-12/h13-14H,4-9H2,1-3H3. The minimum absolute atomic E-state index is 0.123. The van der Waals surface area contributed by atoms with Gasteiger partial charge in [-0.05, 0) is 40.0 Å². The molecule has 0 amide bonds. The Morgan fingerprint density at radius 2 is 2.06 bits per heavy atom. The molecule has 0 atom stereocenters. The fourth-order valence-electron chi connectivity index (χ4n) is 1.82. The summed E-state index contributed by atoms with van der Waals surface area (Å²) in [5.41, 5.74) is -0.537. The summed E-state index contributed by atoms with van der Waals surface area (Å²) in [7, 11) is 0. The number of ether oxygens (including phenoxy) is 1. The van der Waals surface area contributed by atoms with Crippen LogP contribution in [0.15, 0.2) is 0 Å². The number of aliphatic hydroxyl groups is 1. The molecule has 0 aromatic rings. The average Bonchev–Trinajstić information content (AvgIpc) is 2.06. The van der Waals surface area contributed by atoms with Gasteiger partial charge in [-0.25, -0.2) is 0 Å². The minimum Gasteiger partial charge on any atom is -0.460 e. The van der Waals surface area contributed by atoms with E-state index in [1.807, 2.05) is 20.8 Å². The molecule has 0 heterocycles. The topological polar surface area (TPSA) is 58.6 Å². The van der Waals surface area contributed by atoms with Crippen LogP contribution in [-0.2, 0) is 9.53 Å². The van der Waals surface area contributed by atoms with Crippen LogP contribution in [0.3, 0.4) is 0 Å². The molecule has 0 aliphatic heterocycles. The number of carbonyl (C=O) groups is 1. The van der Waals surface area contributed by atoms with Crippen molar-refractivity contribution in [2.45, 2.75) is 57.6 Å². The van der Waals surface area contributed by atoms with Crippen molar-refractivity contribution in [2.75, 3.05) is 13.2 Å². The van der Waals surface area contributed by atoms with Gasteiger partial charge in [0.05, 0.1) is 13.0 Å². The van der Waals surface area contributed by atoms with E-state index in [9.17, 15) is 9.90 Å². The summed E-state index contributed by atoms with van der Waals surface area (Å²) < 4.78 is 5.20. The van der Waals surface area contributed by atoms with Crippen molar-refractivity contribution in [1.29, 1.82) is 0 Å². The lowest BCUT2D eigenvalue weighted by atomic mass is 9.77. The molecule has 16 heavy (non-hydrogen) atoms. The van der Waals surface area contributed by atoms with Crippen LogP contribution in [0.5, 0.6) is 0 Å². The van der Waals surface area contributed by atoms with Crippen LogP contribution >= 0.6 is 0 Å². The van der Waals surface area contributed by atoms with Gasteiger partial charge < -0.3 is 15.2 Å². The Hall–Kier alpha value is -0.610. The second-order valence-electron chi connectivity index (χ2n) is 5.56. The van der Waals surface area contributed by atoms with Crippen molar-refractivity contribution in [3.05, 3.63) is 0 Å². The number of aliphatic hydroxyl groups excluding tert-OH is 1. The SMILES string of the molecule is CC(C)(C)OC(=O)CCNC1(CO)CCC1. The summed E-state index contributed by atoms with van der Waals surface area (Å²) >= 11 is 0. The zero-order valence-electron chi connectivity index (χ0n) is 10.5. The molecule has 0 unspecified atom stereocenters. The third-order valence-electron chi connectivity index (χ3n) is 2.86. The van der Waals surface area contributed by atoms with Crippen LogP contribution in [0.4, 0.5) is 0 Å². The van der Waals surface area contributed by atoms with Crippen LogP contribution in [0.25, 0.3) is 0 Å². The Morgan fingerprint density at radius 3 is 2.44 bits per heavy atom. The van der Waals surface area contributed by atoms with E-state index in [0.717, 1.165) is 19.3 Å². The summed E-state index contributed by atoms with van der Waals surface area (Å²) in [5, 5.41) is 12.5. The maximum Gasteiger partial charge on any atom is 0.307 e. The maximum absolute atomic E-state index is 11.4. The summed E-state index contributed by atoms with van der Waals surface area (Å²) in [5.74, 6) is -0.188. The van der Waals surface area contributed by atoms with Gasteiger partial charge in [0.1, 0.15) is 5.60 Å². The summed E-state index contributed by atoms with van der Waals surface area (Å²) in [6, 6.07) is 0. The van der Waals surface area contributed by atoms with E-state index < -0.39 is 5.60 Å². The van der Waals surface area contributed by atoms with Crippen molar-refractivity contribution >= 4 is 5.97 Å². The molecule has 4 nitrogen and oxygen atoms in total. The third kappa shape index (κ3) is 4.10. The molecule has 0 bridgehead atoms. The molecular weight excluding hydrogens is 206 g/mol. The van der Waals surface area contributed by atoms with Crippen molar-refractivity contribution in [1.82, 2.24) is 5.32 Å². The number of hydrogen-bond acceptors (Lipinski definition) is 4. The van der Waals surface area contributed by atoms with Gasteiger partial charge in [0, 0.05) is 12.1 Å². The molecule has 1 fully saturated rings. The first-order chi connectivity index (χ1) is 7.37. The highest BCUT2D eigenvalue weighted by molar-refractivity contribution is 5.70. The fraction of sp³-hybridized carbons (Fsp3) is 0.917. The van der Waals surface area contributed by atoms with Crippen molar-refractivity contribution < 1.29 is 14.6 Å². The van der Waals surface area contributed by atoms with Crippen LogP contribution in [0.1, 0.15) is 46.5 Å². The van der Waals surface area contributed by atoms with E-state index in [2.05, 4.69) is 5.32 Å². The molecule has 94 valence electrons. The predicted octanol–water partition coefficient (Wildman–Crippen LogP) is 1.22. The van der Waals surface area contributed by atoms with Crippen LogP contribution in [0, 0.1) is 0 Å². The highest BCUT2D eigenvalue weighted by atomic mass is 16.6. The molecule has 4 heteroatoms. The average molecular weight is 229 g/mol. The zero-order chi connectivity index (χ0) is 12.2.